The number of hydrogen-bond donors (Lipinski definition) is 4. The summed E-state index contributed by atoms with van der Waals surface area (Å²) in [6, 6.07) is 0.337. The van der Waals surface area contributed by atoms with E-state index in [0.29, 0.717) is 11.8 Å². The lowest BCUT2D eigenvalue weighted by molar-refractivity contribution is 0.1000. The second-order valence-corrected chi connectivity index (χ2v) is 7.70. The zero-order chi connectivity index (χ0) is 17.9. The first-order valence-electron chi connectivity index (χ1n) is 8.55. The number of amides is 1. The lowest BCUT2D eigenvalue weighted by Crippen LogP contribution is -2.33. The summed E-state index contributed by atoms with van der Waals surface area (Å²) in [5, 5.41) is 16.2. The van der Waals surface area contributed by atoms with Crippen molar-refractivity contribution in [2.45, 2.75) is 71.6 Å². The van der Waals surface area contributed by atoms with Gasteiger partial charge in [0.25, 0.3) is 5.91 Å². The van der Waals surface area contributed by atoms with Crippen LogP contribution in [0.4, 0.5) is 11.8 Å². The molecule has 1 unspecified atom stereocenters. The first kappa shape index (κ1) is 18.4. The van der Waals surface area contributed by atoms with Crippen LogP contribution in [0.1, 0.15) is 63.7 Å². The minimum absolute atomic E-state index is 0.00691. The van der Waals surface area contributed by atoms with Crippen LogP contribution in [0.2, 0.25) is 0 Å². The zero-order valence-corrected chi connectivity index (χ0v) is 15.0. The molecule has 1 heterocycles. The Labute approximate surface area is 143 Å². The fourth-order valence-electron chi connectivity index (χ4n) is 2.57. The summed E-state index contributed by atoms with van der Waals surface area (Å²) in [7, 11) is 0. The molecule has 1 saturated carbocycles. The number of aromatic nitrogens is 2. The first-order chi connectivity index (χ1) is 11.2. The number of aliphatic hydroxyl groups is 1. The van der Waals surface area contributed by atoms with Crippen molar-refractivity contribution in [3.63, 3.8) is 0 Å². The fraction of sp³-hybridized carbons (Fsp3) is 0.706. The normalized spacial score (nSPS) is 22.7. The van der Waals surface area contributed by atoms with Crippen LogP contribution in [0.5, 0.6) is 0 Å². The molecule has 134 valence electrons. The van der Waals surface area contributed by atoms with Crippen molar-refractivity contribution >= 4 is 17.7 Å². The van der Waals surface area contributed by atoms with E-state index in [4.69, 9.17) is 5.73 Å². The highest BCUT2D eigenvalue weighted by molar-refractivity contribution is 5.97. The van der Waals surface area contributed by atoms with Gasteiger partial charge in [-0.2, -0.15) is 4.98 Å². The van der Waals surface area contributed by atoms with E-state index in [1.165, 1.54) is 6.20 Å². The van der Waals surface area contributed by atoms with Gasteiger partial charge in [0, 0.05) is 18.3 Å². The van der Waals surface area contributed by atoms with E-state index in [1.54, 1.807) is 0 Å². The van der Waals surface area contributed by atoms with Gasteiger partial charge >= 0.3 is 0 Å². The van der Waals surface area contributed by atoms with Gasteiger partial charge in [-0.05, 0) is 38.0 Å². The van der Waals surface area contributed by atoms with Gasteiger partial charge in [-0.3, -0.25) is 4.79 Å². The Morgan fingerprint density at radius 2 is 1.96 bits per heavy atom. The third-order valence-corrected chi connectivity index (χ3v) is 4.74. The van der Waals surface area contributed by atoms with Crippen molar-refractivity contribution in [3.05, 3.63) is 11.8 Å². The van der Waals surface area contributed by atoms with Crippen LogP contribution in [-0.4, -0.2) is 39.2 Å². The van der Waals surface area contributed by atoms with Crippen molar-refractivity contribution < 1.29 is 9.90 Å². The maximum atomic E-state index is 11.6. The molecule has 0 spiro atoms. The molecule has 24 heavy (non-hydrogen) atoms. The van der Waals surface area contributed by atoms with Gasteiger partial charge in [0.15, 0.2) is 0 Å². The number of nitrogens with two attached hydrogens (primary N) is 1. The molecule has 1 aromatic heterocycles. The number of primary amides is 1. The summed E-state index contributed by atoms with van der Waals surface area (Å²) in [4.78, 5) is 20.3. The zero-order valence-electron chi connectivity index (χ0n) is 15.0. The second kappa shape index (κ2) is 7.34. The molecule has 0 saturated heterocycles. The number of carbonyl (C=O) groups is 1. The number of nitrogens with zero attached hydrogens (tertiary/aromatic N) is 2. The Balaban J connectivity index is 2.16. The van der Waals surface area contributed by atoms with Gasteiger partial charge in [0.05, 0.1) is 11.7 Å². The Bertz CT molecular complexity index is 577. The Morgan fingerprint density at radius 1 is 1.33 bits per heavy atom. The molecule has 0 aromatic carbocycles. The van der Waals surface area contributed by atoms with E-state index in [1.807, 2.05) is 6.92 Å². The number of nitrogens with one attached hydrogen (secondary N) is 2. The summed E-state index contributed by atoms with van der Waals surface area (Å²) in [5.74, 6) is 0.384. The van der Waals surface area contributed by atoms with Crippen LogP contribution in [0.3, 0.4) is 0 Å². The van der Waals surface area contributed by atoms with Crippen molar-refractivity contribution in [3.8, 4) is 0 Å². The smallest absolute Gasteiger partial charge is 0.254 e. The van der Waals surface area contributed by atoms with Crippen molar-refractivity contribution in [2.24, 2.45) is 11.1 Å². The summed E-state index contributed by atoms with van der Waals surface area (Å²) in [6.07, 6.45) is 4.58. The molecule has 1 aliphatic carbocycles. The number of anilines is 2. The van der Waals surface area contributed by atoms with E-state index >= 15 is 0 Å². The lowest BCUT2D eigenvalue weighted by atomic mass is 9.88. The second-order valence-electron chi connectivity index (χ2n) is 7.70. The third-order valence-electron chi connectivity index (χ3n) is 4.74. The Hall–Kier alpha value is -1.89. The molecular weight excluding hydrogens is 306 g/mol. The average molecular weight is 335 g/mol. The molecule has 0 radical (unpaired) electrons. The van der Waals surface area contributed by atoms with Crippen LogP contribution in [0, 0.1) is 5.41 Å². The highest BCUT2D eigenvalue weighted by atomic mass is 16.3. The maximum absolute atomic E-state index is 11.6. The largest absolute Gasteiger partial charge is 0.393 e. The number of carbonyl (C=O) groups excluding carboxylic acids is 1. The van der Waals surface area contributed by atoms with E-state index < -0.39 is 5.91 Å². The maximum Gasteiger partial charge on any atom is 0.254 e. The lowest BCUT2D eigenvalue weighted by Gasteiger charge is -2.29. The van der Waals surface area contributed by atoms with E-state index in [9.17, 15) is 9.90 Å². The van der Waals surface area contributed by atoms with Crippen molar-refractivity contribution in [1.82, 2.24) is 9.97 Å². The molecule has 7 nitrogen and oxygen atoms in total. The molecule has 0 aliphatic heterocycles. The average Bonchev–Trinajstić information content (AvgIpc) is 2.48. The molecule has 1 atom stereocenters. The van der Waals surface area contributed by atoms with Crippen LogP contribution >= 0.6 is 0 Å². The SMILES string of the molecule is CC(Nc1nc(NC2CCC(O)CC2)ncc1C(N)=O)C(C)(C)C. The minimum Gasteiger partial charge on any atom is -0.393 e. The predicted molar refractivity (Wildman–Crippen MR) is 95.0 cm³/mol. The Kier molecular flexibility index (Phi) is 5.64. The van der Waals surface area contributed by atoms with Crippen LogP contribution < -0.4 is 16.4 Å². The van der Waals surface area contributed by atoms with Gasteiger partial charge in [0.2, 0.25) is 5.95 Å². The van der Waals surface area contributed by atoms with Crippen molar-refractivity contribution in [2.75, 3.05) is 10.6 Å². The van der Waals surface area contributed by atoms with Gasteiger partial charge < -0.3 is 21.5 Å². The quantitative estimate of drug-likeness (QED) is 0.655. The van der Waals surface area contributed by atoms with Crippen LogP contribution in [0.25, 0.3) is 0 Å². The molecule has 0 bridgehead atoms. The molecule has 1 amide bonds. The molecule has 5 N–H and O–H groups in total. The molecule has 1 fully saturated rings. The van der Waals surface area contributed by atoms with Crippen LogP contribution in [-0.2, 0) is 0 Å². The predicted octanol–water partition coefficient (Wildman–Crippen LogP) is 2.14. The van der Waals surface area contributed by atoms with E-state index in [-0.39, 0.29) is 29.2 Å². The highest BCUT2D eigenvalue weighted by Gasteiger charge is 2.24. The summed E-state index contributed by atoms with van der Waals surface area (Å²) in [6.45, 7) is 8.38. The topological polar surface area (TPSA) is 113 Å². The van der Waals surface area contributed by atoms with Gasteiger partial charge in [0.1, 0.15) is 5.82 Å². The standard InChI is InChI=1S/C17H29N5O2/c1-10(17(2,3)4)20-15-13(14(18)24)9-19-16(22-15)21-11-5-7-12(23)8-6-11/h9-12,23H,5-8H2,1-4H3,(H2,18,24)(H2,19,20,21,22). The number of rotatable bonds is 5. The van der Waals surface area contributed by atoms with Gasteiger partial charge in [-0.15, -0.1) is 0 Å². The van der Waals surface area contributed by atoms with Crippen LogP contribution in [0.15, 0.2) is 6.20 Å². The molecule has 2 rings (SSSR count). The summed E-state index contributed by atoms with van der Waals surface area (Å²) < 4.78 is 0. The first-order valence-corrected chi connectivity index (χ1v) is 8.55. The number of aliphatic hydroxyl groups excluding tert-OH is 1. The van der Waals surface area contributed by atoms with Gasteiger partial charge in [-0.25, -0.2) is 4.98 Å². The molecule has 7 heteroatoms. The minimum atomic E-state index is -0.550. The Morgan fingerprint density at radius 3 is 2.50 bits per heavy atom. The molecular formula is C17H29N5O2. The monoisotopic (exact) mass is 335 g/mol. The fourth-order valence-corrected chi connectivity index (χ4v) is 2.57. The summed E-state index contributed by atoms with van der Waals surface area (Å²) in [5.41, 5.74) is 5.74. The number of hydrogen-bond acceptors (Lipinski definition) is 6. The van der Waals surface area contributed by atoms with Gasteiger partial charge in [-0.1, -0.05) is 20.8 Å². The van der Waals surface area contributed by atoms with E-state index in [0.717, 1.165) is 25.7 Å². The highest BCUT2D eigenvalue weighted by Crippen LogP contribution is 2.25. The molecule has 1 aromatic rings. The van der Waals surface area contributed by atoms with E-state index in [2.05, 4.69) is 41.4 Å². The van der Waals surface area contributed by atoms with Crippen molar-refractivity contribution in [1.29, 1.82) is 0 Å². The summed E-state index contributed by atoms with van der Waals surface area (Å²) >= 11 is 0. The third kappa shape index (κ3) is 4.80. The molecule has 1 aliphatic rings.